The van der Waals surface area contributed by atoms with E-state index in [1.807, 2.05) is 6.92 Å². The van der Waals surface area contributed by atoms with Crippen molar-refractivity contribution in [1.82, 2.24) is 4.98 Å². The third-order valence-electron chi connectivity index (χ3n) is 4.02. The van der Waals surface area contributed by atoms with E-state index in [1.165, 1.54) is 19.2 Å². The van der Waals surface area contributed by atoms with Crippen LogP contribution in [0.2, 0.25) is 0 Å². The molecule has 8 heteroatoms. The Morgan fingerprint density at radius 2 is 1.93 bits per heavy atom. The number of amides is 1. The van der Waals surface area contributed by atoms with Gasteiger partial charge in [-0.1, -0.05) is 19.1 Å². The fourth-order valence-electron chi connectivity index (χ4n) is 2.80. The zero-order valence-corrected chi connectivity index (χ0v) is 16.2. The van der Waals surface area contributed by atoms with Crippen LogP contribution in [-0.2, 0) is 15.8 Å². The van der Waals surface area contributed by atoms with Crippen molar-refractivity contribution < 1.29 is 17.8 Å². The summed E-state index contributed by atoms with van der Waals surface area (Å²) in [5, 5.41) is 4.02. The molecule has 3 rings (SSSR count). The van der Waals surface area contributed by atoms with Crippen LogP contribution in [-0.4, -0.2) is 20.9 Å². The van der Waals surface area contributed by atoms with Crippen LogP contribution in [0.15, 0.2) is 42.6 Å². The minimum Gasteiger partial charge on any atom is -0.311 e. The molecule has 0 aliphatic rings. The van der Waals surface area contributed by atoms with Gasteiger partial charge < -0.3 is 10.0 Å². The predicted octanol–water partition coefficient (Wildman–Crippen LogP) is 4.62. The SMILES string of the molecule is CCCS(=O)Nc1ccc(F)c(-c2ccc3cc(NC(C)=O)ncc3c2)c1F. The van der Waals surface area contributed by atoms with Crippen LogP contribution >= 0.6 is 0 Å². The molecule has 1 atom stereocenters. The molecule has 146 valence electrons. The molecule has 0 saturated heterocycles. The smallest absolute Gasteiger partial charge is 0.222 e. The van der Waals surface area contributed by atoms with Gasteiger partial charge >= 0.3 is 0 Å². The second-order valence-electron chi connectivity index (χ2n) is 6.25. The molecule has 1 unspecified atom stereocenters. The average molecular weight is 403 g/mol. The Balaban J connectivity index is 2.01. The lowest BCUT2D eigenvalue weighted by Gasteiger charge is -2.12. The number of hydrogen-bond donors (Lipinski definition) is 2. The fraction of sp³-hybridized carbons (Fsp3) is 0.200. The molecule has 0 fully saturated rings. The molecule has 0 aliphatic carbocycles. The second-order valence-corrected chi connectivity index (χ2v) is 7.55. The summed E-state index contributed by atoms with van der Waals surface area (Å²) in [5.74, 6) is -0.991. The molecular formula is C20H19F2N3O2S. The van der Waals surface area contributed by atoms with Crippen molar-refractivity contribution in [2.45, 2.75) is 20.3 Å². The van der Waals surface area contributed by atoms with Gasteiger partial charge in [-0.25, -0.2) is 18.0 Å². The van der Waals surface area contributed by atoms with Gasteiger partial charge in [-0.15, -0.1) is 0 Å². The number of nitrogens with zero attached hydrogens (tertiary/aromatic N) is 1. The first-order valence-electron chi connectivity index (χ1n) is 8.70. The highest BCUT2D eigenvalue weighted by Gasteiger charge is 2.17. The van der Waals surface area contributed by atoms with E-state index in [4.69, 9.17) is 0 Å². The molecule has 5 nitrogen and oxygen atoms in total. The molecule has 2 aromatic carbocycles. The summed E-state index contributed by atoms with van der Waals surface area (Å²) >= 11 is 0. The van der Waals surface area contributed by atoms with Crippen LogP contribution in [0.4, 0.5) is 20.3 Å². The van der Waals surface area contributed by atoms with Crippen LogP contribution in [0.3, 0.4) is 0 Å². The number of nitrogens with one attached hydrogen (secondary N) is 2. The second kappa shape index (κ2) is 8.43. The van der Waals surface area contributed by atoms with E-state index in [2.05, 4.69) is 15.0 Å². The maximum absolute atomic E-state index is 14.9. The zero-order chi connectivity index (χ0) is 20.3. The lowest BCUT2D eigenvalue weighted by atomic mass is 10.0. The topological polar surface area (TPSA) is 71.1 Å². The molecule has 1 aromatic heterocycles. The lowest BCUT2D eigenvalue weighted by molar-refractivity contribution is -0.114. The summed E-state index contributed by atoms with van der Waals surface area (Å²) in [6.07, 6.45) is 2.20. The number of aromatic nitrogens is 1. The number of benzene rings is 2. The molecule has 1 amide bonds. The van der Waals surface area contributed by atoms with Crippen molar-refractivity contribution >= 4 is 39.2 Å². The summed E-state index contributed by atoms with van der Waals surface area (Å²) in [7, 11) is -1.44. The number of carbonyl (C=O) groups is 1. The molecule has 0 spiro atoms. The van der Waals surface area contributed by atoms with Gasteiger partial charge in [-0.3, -0.25) is 4.79 Å². The molecule has 0 saturated carbocycles. The Kier molecular flexibility index (Phi) is 5.99. The van der Waals surface area contributed by atoms with E-state index < -0.39 is 22.6 Å². The van der Waals surface area contributed by atoms with Gasteiger partial charge in [-0.05, 0) is 41.6 Å². The summed E-state index contributed by atoms with van der Waals surface area (Å²) in [5.41, 5.74) is 0.121. The summed E-state index contributed by atoms with van der Waals surface area (Å²) in [6, 6.07) is 8.98. The highest BCUT2D eigenvalue weighted by molar-refractivity contribution is 7.86. The van der Waals surface area contributed by atoms with Crippen molar-refractivity contribution in [2.24, 2.45) is 0 Å². The van der Waals surface area contributed by atoms with Crippen molar-refractivity contribution in [3.8, 4) is 11.1 Å². The highest BCUT2D eigenvalue weighted by atomic mass is 32.2. The zero-order valence-electron chi connectivity index (χ0n) is 15.4. The Morgan fingerprint density at radius 1 is 1.14 bits per heavy atom. The van der Waals surface area contributed by atoms with Crippen LogP contribution in [0.5, 0.6) is 0 Å². The van der Waals surface area contributed by atoms with Crippen molar-refractivity contribution in [3.63, 3.8) is 0 Å². The van der Waals surface area contributed by atoms with Gasteiger partial charge in [0.05, 0.1) is 11.3 Å². The predicted molar refractivity (Wildman–Crippen MR) is 108 cm³/mol. The third-order valence-corrected chi connectivity index (χ3v) is 5.25. The first-order valence-corrected chi connectivity index (χ1v) is 10.0. The van der Waals surface area contributed by atoms with Gasteiger partial charge in [0.15, 0.2) is 5.82 Å². The van der Waals surface area contributed by atoms with E-state index in [1.54, 1.807) is 24.3 Å². The number of halogens is 2. The number of hydrogen-bond acceptors (Lipinski definition) is 3. The maximum Gasteiger partial charge on any atom is 0.222 e. The molecule has 1 heterocycles. The molecule has 0 bridgehead atoms. The molecular weight excluding hydrogens is 384 g/mol. The molecule has 28 heavy (non-hydrogen) atoms. The van der Waals surface area contributed by atoms with Crippen molar-refractivity contribution in [3.05, 3.63) is 54.2 Å². The summed E-state index contributed by atoms with van der Waals surface area (Å²) in [4.78, 5) is 15.3. The monoisotopic (exact) mass is 403 g/mol. The van der Waals surface area contributed by atoms with Crippen molar-refractivity contribution in [2.75, 3.05) is 15.8 Å². The number of carbonyl (C=O) groups excluding carboxylic acids is 1. The van der Waals surface area contributed by atoms with E-state index in [0.29, 0.717) is 28.9 Å². The largest absolute Gasteiger partial charge is 0.311 e. The van der Waals surface area contributed by atoms with E-state index in [0.717, 1.165) is 11.5 Å². The van der Waals surface area contributed by atoms with Crippen LogP contribution < -0.4 is 10.0 Å². The van der Waals surface area contributed by atoms with Gasteiger partial charge in [-0.2, -0.15) is 0 Å². The van der Waals surface area contributed by atoms with E-state index in [-0.39, 0.29) is 17.2 Å². The third kappa shape index (κ3) is 4.33. The van der Waals surface area contributed by atoms with Crippen LogP contribution in [0.1, 0.15) is 20.3 Å². The minimum absolute atomic E-state index is 0.0117. The van der Waals surface area contributed by atoms with Crippen LogP contribution in [0, 0.1) is 11.6 Å². The normalized spacial score (nSPS) is 12.0. The quantitative estimate of drug-likeness (QED) is 0.631. The number of rotatable bonds is 6. The molecule has 3 aromatic rings. The number of anilines is 2. The first kappa shape index (κ1) is 19.9. The van der Waals surface area contributed by atoms with Gasteiger partial charge in [0, 0.05) is 24.3 Å². The van der Waals surface area contributed by atoms with Gasteiger partial charge in [0.25, 0.3) is 0 Å². The fourth-order valence-corrected chi connectivity index (χ4v) is 3.68. The number of fused-ring (bicyclic) bond motifs is 1. The van der Waals surface area contributed by atoms with Crippen molar-refractivity contribution in [1.29, 1.82) is 0 Å². The van der Waals surface area contributed by atoms with E-state index in [9.17, 15) is 17.8 Å². The van der Waals surface area contributed by atoms with E-state index >= 15 is 0 Å². The first-order chi connectivity index (χ1) is 13.4. The Hall–Kier alpha value is -2.87. The molecule has 2 N–H and O–H groups in total. The molecule has 0 aliphatic heterocycles. The van der Waals surface area contributed by atoms with Crippen LogP contribution in [0.25, 0.3) is 21.9 Å². The Morgan fingerprint density at radius 3 is 2.64 bits per heavy atom. The summed E-state index contributed by atoms with van der Waals surface area (Å²) in [6.45, 7) is 3.25. The molecule has 0 radical (unpaired) electrons. The highest BCUT2D eigenvalue weighted by Crippen LogP contribution is 2.33. The Bertz CT molecular complexity index is 1070. The average Bonchev–Trinajstić information content (AvgIpc) is 2.64. The lowest BCUT2D eigenvalue weighted by Crippen LogP contribution is -2.10. The van der Waals surface area contributed by atoms with Gasteiger partial charge in [0.1, 0.15) is 22.6 Å². The number of pyridine rings is 1. The minimum atomic E-state index is -1.44. The Labute approximate surface area is 163 Å². The van der Waals surface area contributed by atoms with Gasteiger partial charge in [0.2, 0.25) is 5.91 Å². The standard InChI is InChI=1S/C20H19F2N3O2S/c1-3-8-28(27)25-17-7-6-16(21)19(20(17)22)14-5-4-13-10-18(24-12(2)26)23-11-15(13)9-14/h4-7,9-11,25H,3,8H2,1-2H3,(H,23,24,26). The summed E-state index contributed by atoms with van der Waals surface area (Å²) < 4.78 is 43.8. The maximum atomic E-state index is 14.9.